The highest BCUT2D eigenvalue weighted by atomic mass is 16.5. The number of aromatic nitrogens is 1. The topological polar surface area (TPSA) is 123 Å². The molecule has 0 fully saturated rings. The van der Waals surface area contributed by atoms with Crippen LogP contribution in [0.15, 0.2) is 59.1 Å². The van der Waals surface area contributed by atoms with Gasteiger partial charge in [0.1, 0.15) is 23.3 Å². The first-order valence-corrected chi connectivity index (χ1v) is 13.3. The number of benzene rings is 2. The largest absolute Gasteiger partial charge is 0.497 e. The first kappa shape index (κ1) is 30.2. The number of anilines is 2. The summed E-state index contributed by atoms with van der Waals surface area (Å²) >= 11 is 0. The lowest BCUT2D eigenvalue weighted by Crippen LogP contribution is -2.50. The summed E-state index contributed by atoms with van der Waals surface area (Å²) in [5.74, 6) is 0.939. The molecule has 0 radical (unpaired) electrons. The molecule has 0 aliphatic rings. The highest BCUT2D eigenvalue weighted by molar-refractivity contribution is 6.03. The smallest absolute Gasteiger partial charge is 0.248 e. The quantitative estimate of drug-likeness (QED) is 0.300. The molecule has 0 aliphatic carbocycles. The van der Waals surface area contributed by atoms with Crippen LogP contribution in [-0.2, 0) is 14.4 Å². The summed E-state index contributed by atoms with van der Waals surface area (Å²) in [7, 11) is 1.56. The van der Waals surface area contributed by atoms with Crippen molar-refractivity contribution in [3.05, 3.63) is 65.9 Å². The van der Waals surface area contributed by atoms with E-state index in [2.05, 4.69) is 15.8 Å². The third-order valence-corrected chi connectivity index (χ3v) is 6.44. The molecule has 10 heteroatoms. The van der Waals surface area contributed by atoms with Crippen LogP contribution in [0, 0.1) is 6.92 Å². The van der Waals surface area contributed by atoms with Gasteiger partial charge in [-0.25, -0.2) is 0 Å². The van der Waals surface area contributed by atoms with E-state index in [9.17, 15) is 14.4 Å². The summed E-state index contributed by atoms with van der Waals surface area (Å²) in [6.45, 7) is 9.92. The van der Waals surface area contributed by atoms with Gasteiger partial charge in [0.2, 0.25) is 17.7 Å². The summed E-state index contributed by atoms with van der Waals surface area (Å²) in [4.78, 5) is 41.8. The molecule has 40 heavy (non-hydrogen) atoms. The maximum Gasteiger partial charge on any atom is 0.248 e. The Morgan fingerprint density at radius 3 is 2.20 bits per heavy atom. The third kappa shape index (κ3) is 8.08. The van der Waals surface area contributed by atoms with Crippen LogP contribution in [0.5, 0.6) is 11.5 Å². The fourth-order valence-corrected chi connectivity index (χ4v) is 3.97. The minimum absolute atomic E-state index is 0.115. The van der Waals surface area contributed by atoms with Gasteiger partial charge in [-0.05, 0) is 76.1 Å². The van der Waals surface area contributed by atoms with Crippen LogP contribution in [0.3, 0.4) is 0 Å². The van der Waals surface area contributed by atoms with Crippen LogP contribution in [0.1, 0.15) is 64.3 Å². The number of ether oxygens (including phenoxy) is 2. The van der Waals surface area contributed by atoms with Crippen molar-refractivity contribution in [2.24, 2.45) is 0 Å². The number of nitrogens with zero attached hydrogens (tertiary/aromatic N) is 2. The van der Waals surface area contributed by atoms with E-state index >= 15 is 0 Å². The van der Waals surface area contributed by atoms with Crippen LogP contribution in [0.2, 0.25) is 0 Å². The second kappa shape index (κ2) is 13.6. The van der Waals surface area contributed by atoms with Crippen LogP contribution in [-0.4, -0.2) is 42.1 Å². The van der Waals surface area contributed by atoms with E-state index < -0.39 is 23.4 Å². The summed E-state index contributed by atoms with van der Waals surface area (Å²) in [5.41, 5.74) is 0.575. The van der Waals surface area contributed by atoms with Gasteiger partial charge in [0.25, 0.3) is 0 Å². The van der Waals surface area contributed by atoms with Crippen molar-refractivity contribution in [2.45, 2.75) is 65.5 Å². The van der Waals surface area contributed by atoms with Gasteiger partial charge < -0.3 is 24.6 Å². The van der Waals surface area contributed by atoms with Gasteiger partial charge in [0.05, 0.1) is 13.7 Å². The molecular formula is C30H38N4O6. The molecule has 1 unspecified atom stereocenters. The molecule has 0 aliphatic heterocycles. The molecule has 3 rings (SSSR count). The summed E-state index contributed by atoms with van der Waals surface area (Å²) in [6.07, 6.45) is 0.426. The van der Waals surface area contributed by atoms with Gasteiger partial charge in [-0.3, -0.25) is 19.3 Å². The number of carbonyl (C=O) groups is 3. The molecule has 2 aromatic carbocycles. The first-order valence-electron chi connectivity index (χ1n) is 13.3. The van der Waals surface area contributed by atoms with E-state index in [0.717, 1.165) is 0 Å². The van der Waals surface area contributed by atoms with Gasteiger partial charge >= 0.3 is 0 Å². The van der Waals surface area contributed by atoms with Crippen LogP contribution in [0.4, 0.5) is 11.5 Å². The number of hydrogen-bond donors (Lipinski definition) is 2. The van der Waals surface area contributed by atoms with E-state index in [1.165, 1.54) is 4.90 Å². The number of aryl methyl sites for hydroxylation is 1. The molecule has 0 saturated carbocycles. The van der Waals surface area contributed by atoms with E-state index in [0.29, 0.717) is 41.5 Å². The third-order valence-electron chi connectivity index (χ3n) is 6.44. The summed E-state index contributed by atoms with van der Waals surface area (Å²) < 4.78 is 15.9. The van der Waals surface area contributed by atoms with Crippen LogP contribution < -0.4 is 25.0 Å². The normalized spacial score (nSPS) is 11.8. The van der Waals surface area contributed by atoms with Crippen molar-refractivity contribution >= 4 is 29.2 Å². The van der Waals surface area contributed by atoms with E-state index in [4.69, 9.17) is 14.0 Å². The lowest BCUT2D eigenvalue weighted by atomic mass is 9.97. The zero-order chi connectivity index (χ0) is 29.3. The minimum Gasteiger partial charge on any atom is -0.497 e. The van der Waals surface area contributed by atoms with Crippen molar-refractivity contribution in [3.8, 4) is 11.5 Å². The van der Waals surface area contributed by atoms with Crippen molar-refractivity contribution in [2.75, 3.05) is 23.9 Å². The van der Waals surface area contributed by atoms with Crippen LogP contribution >= 0.6 is 0 Å². The molecule has 1 heterocycles. The van der Waals surface area contributed by atoms with Gasteiger partial charge in [-0.15, -0.1) is 0 Å². The Morgan fingerprint density at radius 2 is 1.65 bits per heavy atom. The minimum atomic E-state index is -1.01. The van der Waals surface area contributed by atoms with Crippen molar-refractivity contribution in [1.29, 1.82) is 0 Å². The SMILES string of the molecule is CCOc1ccc(N(C(=O)CCC(=O)Nc2cc(C)on2)C(C(=O)NC(C)(C)CC)c2ccc(OC)cc2)cc1. The molecule has 10 nitrogen and oxygen atoms in total. The Labute approximate surface area is 235 Å². The number of hydrogen-bond acceptors (Lipinski definition) is 7. The first-order chi connectivity index (χ1) is 19.1. The molecule has 3 amide bonds. The second-order valence-corrected chi connectivity index (χ2v) is 9.96. The van der Waals surface area contributed by atoms with Gasteiger partial charge in [0, 0.05) is 30.1 Å². The van der Waals surface area contributed by atoms with Crippen LogP contribution in [0.25, 0.3) is 0 Å². The van der Waals surface area contributed by atoms with Crippen molar-refractivity contribution in [3.63, 3.8) is 0 Å². The lowest BCUT2D eigenvalue weighted by Gasteiger charge is -2.34. The van der Waals surface area contributed by atoms with Gasteiger partial charge in [-0.2, -0.15) is 0 Å². The molecule has 0 bridgehead atoms. The molecule has 0 saturated heterocycles. The highest BCUT2D eigenvalue weighted by Gasteiger charge is 2.35. The number of carbonyl (C=O) groups excluding carboxylic acids is 3. The predicted octanol–water partition coefficient (Wildman–Crippen LogP) is 5.19. The molecule has 0 spiro atoms. The number of amides is 3. The highest BCUT2D eigenvalue weighted by Crippen LogP contribution is 2.32. The molecule has 214 valence electrons. The Bertz CT molecular complexity index is 1280. The fourth-order valence-electron chi connectivity index (χ4n) is 3.97. The van der Waals surface area contributed by atoms with Crippen molar-refractivity contribution < 1.29 is 28.4 Å². The lowest BCUT2D eigenvalue weighted by molar-refractivity contribution is -0.128. The molecule has 3 aromatic rings. The van der Waals surface area contributed by atoms with E-state index in [-0.39, 0.29) is 24.6 Å². The number of nitrogens with one attached hydrogen (secondary N) is 2. The fraction of sp³-hybridized carbons (Fsp3) is 0.400. The Morgan fingerprint density at radius 1 is 1.00 bits per heavy atom. The average molecular weight is 551 g/mol. The van der Waals surface area contributed by atoms with Gasteiger partial charge in [-0.1, -0.05) is 24.2 Å². The predicted molar refractivity (Wildman–Crippen MR) is 152 cm³/mol. The summed E-state index contributed by atoms with van der Waals surface area (Å²) in [6, 6.07) is 14.5. The molecule has 1 atom stereocenters. The Hall–Kier alpha value is -4.34. The Kier molecular flexibility index (Phi) is 10.3. The molecular weight excluding hydrogens is 512 g/mol. The van der Waals surface area contributed by atoms with E-state index in [1.807, 2.05) is 27.7 Å². The van der Waals surface area contributed by atoms with Gasteiger partial charge in [0.15, 0.2) is 5.82 Å². The maximum atomic E-state index is 13.9. The zero-order valence-electron chi connectivity index (χ0n) is 23.9. The standard InChI is InChI=1S/C30H38N4O6/c1-7-30(4,5)32-29(37)28(21-9-13-23(38-6)14-10-21)34(22-11-15-24(16-12-22)39-8-2)27(36)18-17-26(35)31-25-19-20(3)40-33-25/h9-16,19,28H,7-8,17-18H2,1-6H3,(H,32,37)(H,31,33,35). The summed E-state index contributed by atoms with van der Waals surface area (Å²) in [5, 5.41) is 9.47. The number of methoxy groups -OCH3 is 1. The average Bonchev–Trinajstić information content (AvgIpc) is 3.35. The second-order valence-electron chi connectivity index (χ2n) is 9.96. The number of rotatable bonds is 13. The Balaban J connectivity index is 1.98. The van der Waals surface area contributed by atoms with Crippen molar-refractivity contribution in [1.82, 2.24) is 10.5 Å². The molecule has 1 aromatic heterocycles. The zero-order valence-corrected chi connectivity index (χ0v) is 23.9. The molecule has 2 N–H and O–H groups in total. The monoisotopic (exact) mass is 550 g/mol. The van der Waals surface area contributed by atoms with E-state index in [1.54, 1.807) is 68.6 Å². The maximum absolute atomic E-state index is 13.9.